The zero-order chi connectivity index (χ0) is 12.8. The second kappa shape index (κ2) is 6.10. The van der Waals surface area contributed by atoms with Gasteiger partial charge in [-0.25, -0.2) is 4.79 Å². The van der Waals surface area contributed by atoms with Crippen molar-refractivity contribution in [3.63, 3.8) is 0 Å². The summed E-state index contributed by atoms with van der Waals surface area (Å²) in [6, 6.07) is 4.60. The molecule has 0 spiro atoms. The molecule has 0 amide bonds. The van der Waals surface area contributed by atoms with Crippen LogP contribution in [-0.2, 0) is 0 Å². The Morgan fingerprint density at radius 1 is 1.41 bits per heavy atom. The average molecular weight is 238 g/mol. The van der Waals surface area contributed by atoms with E-state index < -0.39 is 5.97 Å². The molecule has 0 fully saturated rings. The van der Waals surface area contributed by atoms with E-state index in [1.165, 1.54) is 6.07 Å². The molecule has 0 saturated carbocycles. The van der Waals surface area contributed by atoms with Gasteiger partial charge in [-0.15, -0.1) is 0 Å². The Balaban J connectivity index is 3.07. The number of aromatic carboxylic acids is 1. The van der Waals surface area contributed by atoms with Crippen molar-refractivity contribution in [3.05, 3.63) is 23.8 Å². The lowest BCUT2D eigenvalue weighted by Crippen LogP contribution is -2.28. The molecule has 94 valence electrons. The Labute approximate surface area is 100 Å². The zero-order valence-electron chi connectivity index (χ0n) is 9.89. The molecule has 5 nitrogen and oxygen atoms in total. The van der Waals surface area contributed by atoms with Crippen LogP contribution in [0.1, 0.15) is 23.7 Å². The SMILES string of the molecule is CCCN(CCO)c1cc(C(=O)O)ccc1N. The molecule has 0 aliphatic rings. The van der Waals surface area contributed by atoms with Crippen molar-refractivity contribution in [2.24, 2.45) is 0 Å². The average Bonchev–Trinajstić information content (AvgIpc) is 2.29. The zero-order valence-corrected chi connectivity index (χ0v) is 9.89. The van der Waals surface area contributed by atoms with Crippen molar-refractivity contribution in [2.75, 3.05) is 30.3 Å². The number of aliphatic hydroxyl groups excluding tert-OH is 1. The van der Waals surface area contributed by atoms with Crippen LogP contribution < -0.4 is 10.6 Å². The summed E-state index contributed by atoms with van der Waals surface area (Å²) < 4.78 is 0. The van der Waals surface area contributed by atoms with Crippen molar-refractivity contribution < 1.29 is 15.0 Å². The first-order chi connectivity index (χ1) is 8.10. The summed E-state index contributed by atoms with van der Waals surface area (Å²) in [5.41, 5.74) is 7.23. The van der Waals surface area contributed by atoms with Crippen LogP contribution in [0.25, 0.3) is 0 Å². The Hall–Kier alpha value is -1.75. The number of nitrogens with zero attached hydrogens (tertiary/aromatic N) is 1. The third kappa shape index (κ3) is 3.35. The first kappa shape index (κ1) is 13.3. The smallest absolute Gasteiger partial charge is 0.335 e. The molecule has 0 aliphatic carbocycles. The summed E-state index contributed by atoms with van der Waals surface area (Å²) in [5.74, 6) is -0.980. The van der Waals surface area contributed by atoms with Crippen LogP contribution >= 0.6 is 0 Å². The Morgan fingerprint density at radius 2 is 2.12 bits per heavy atom. The van der Waals surface area contributed by atoms with Crippen LogP contribution in [0.3, 0.4) is 0 Å². The second-order valence-electron chi connectivity index (χ2n) is 3.79. The van der Waals surface area contributed by atoms with Gasteiger partial charge >= 0.3 is 5.97 Å². The van der Waals surface area contributed by atoms with Crippen LogP contribution in [0.15, 0.2) is 18.2 Å². The second-order valence-corrected chi connectivity index (χ2v) is 3.79. The van der Waals surface area contributed by atoms with Gasteiger partial charge in [-0.3, -0.25) is 0 Å². The van der Waals surface area contributed by atoms with E-state index >= 15 is 0 Å². The topological polar surface area (TPSA) is 86.8 Å². The number of rotatable bonds is 6. The predicted octanol–water partition coefficient (Wildman–Crippen LogP) is 1.18. The quantitative estimate of drug-likeness (QED) is 0.648. The van der Waals surface area contributed by atoms with Gasteiger partial charge in [0.15, 0.2) is 0 Å². The van der Waals surface area contributed by atoms with E-state index in [1.807, 2.05) is 11.8 Å². The summed E-state index contributed by atoms with van der Waals surface area (Å²) in [5, 5.41) is 17.9. The van der Waals surface area contributed by atoms with E-state index in [0.717, 1.165) is 13.0 Å². The fourth-order valence-corrected chi connectivity index (χ4v) is 1.69. The van der Waals surface area contributed by atoms with Gasteiger partial charge in [0, 0.05) is 13.1 Å². The molecule has 0 radical (unpaired) electrons. The van der Waals surface area contributed by atoms with E-state index in [4.69, 9.17) is 15.9 Å². The molecule has 1 rings (SSSR count). The minimum atomic E-state index is -0.980. The largest absolute Gasteiger partial charge is 0.478 e. The number of nitrogens with two attached hydrogens (primary N) is 1. The number of nitrogen functional groups attached to an aromatic ring is 1. The van der Waals surface area contributed by atoms with Gasteiger partial charge in [-0.1, -0.05) is 6.92 Å². The van der Waals surface area contributed by atoms with Crippen molar-refractivity contribution in [3.8, 4) is 0 Å². The molecule has 4 N–H and O–H groups in total. The van der Waals surface area contributed by atoms with Crippen LogP contribution in [0.4, 0.5) is 11.4 Å². The molecule has 0 heterocycles. The van der Waals surface area contributed by atoms with Gasteiger partial charge in [0.1, 0.15) is 0 Å². The van der Waals surface area contributed by atoms with Gasteiger partial charge in [-0.2, -0.15) is 0 Å². The Kier molecular flexibility index (Phi) is 4.78. The third-order valence-corrected chi connectivity index (χ3v) is 2.48. The minimum absolute atomic E-state index is 0.0107. The van der Waals surface area contributed by atoms with Crippen LogP contribution in [0.5, 0.6) is 0 Å². The molecular formula is C12H18N2O3. The van der Waals surface area contributed by atoms with Gasteiger partial charge in [0.25, 0.3) is 0 Å². The van der Waals surface area contributed by atoms with Crippen LogP contribution in [0, 0.1) is 0 Å². The Bertz CT molecular complexity index is 387. The van der Waals surface area contributed by atoms with E-state index in [2.05, 4.69) is 0 Å². The maximum atomic E-state index is 10.9. The van der Waals surface area contributed by atoms with Crippen LogP contribution in [0.2, 0.25) is 0 Å². The molecule has 1 aromatic carbocycles. The molecule has 1 aromatic rings. The van der Waals surface area contributed by atoms with Crippen molar-refractivity contribution in [1.82, 2.24) is 0 Å². The molecule has 0 aromatic heterocycles. The molecule has 0 aliphatic heterocycles. The van der Waals surface area contributed by atoms with E-state index in [1.54, 1.807) is 12.1 Å². The normalized spacial score (nSPS) is 10.2. The first-order valence-corrected chi connectivity index (χ1v) is 5.58. The molecule has 0 atom stereocenters. The number of hydrogen-bond donors (Lipinski definition) is 3. The van der Waals surface area contributed by atoms with E-state index in [-0.39, 0.29) is 12.2 Å². The number of benzene rings is 1. The molecule has 5 heteroatoms. The minimum Gasteiger partial charge on any atom is -0.478 e. The lowest BCUT2D eigenvalue weighted by Gasteiger charge is -2.25. The lowest BCUT2D eigenvalue weighted by atomic mass is 10.1. The van der Waals surface area contributed by atoms with Gasteiger partial charge in [-0.05, 0) is 24.6 Å². The number of carboxylic acids is 1. The maximum Gasteiger partial charge on any atom is 0.335 e. The van der Waals surface area contributed by atoms with Crippen molar-refractivity contribution in [2.45, 2.75) is 13.3 Å². The first-order valence-electron chi connectivity index (χ1n) is 5.58. The molecular weight excluding hydrogens is 220 g/mol. The number of anilines is 2. The van der Waals surface area contributed by atoms with E-state index in [0.29, 0.717) is 17.9 Å². The summed E-state index contributed by atoms with van der Waals surface area (Å²) in [4.78, 5) is 12.8. The van der Waals surface area contributed by atoms with E-state index in [9.17, 15) is 4.79 Å². The third-order valence-electron chi connectivity index (χ3n) is 2.48. The van der Waals surface area contributed by atoms with Gasteiger partial charge < -0.3 is 20.8 Å². The molecule has 0 saturated heterocycles. The highest BCUT2D eigenvalue weighted by Crippen LogP contribution is 2.24. The molecule has 17 heavy (non-hydrogen) atoms. The number of hydrogen-bond acceptors (Lipinski definition) is 4. The monoisotopic (exact) mass is 238 g/mol. The summed E-state index contributed by atoms with van der Waals surface area (Å²) in [7, 11) is 0. The fourth-order valence-electron chi connectivity index (χ4n) is 1.69. The number of carboxylic acid groups (broad SMARTS) is 1. The number of aliphatic hydroxyl groups is 1. The Morgan fingerprint density at radius 3 is 2.65 bits per heavy atom. The summed E-state index contributed by atoms with van der Waals surface area (Å²) in [6.07, 6.45) is 0.900. The summed E-state index contributed by atoms with van der Waals surface area (Å²) in [6.45, 7) is 3.20. The van der Waals surface area contributed by atoms with Gasteiger partial charge in [0.2, 0.25) is 0 Å². The number of carbonyl (C=O) groups is 1. The highest BCUT2D eigenvalue weighted by atomic mass is 16.4. The fraction of sp³-hybridized carbons (Fsp3) is 0.417. The summed E-state index contributed by atoms with van der Waals surface area (Å²) >= 11 is 0. The standard InChI is InChI=1S/C12H18N2O3/c1-2-5-14(6-7-15)11-8-9(12(16)17)3-4-10(11)13/h3-4,8,15H,2,5-7,13H2,1H3,(H,16,17). The highest BCUT2D eigenvalue weighted by Gasteiger charge is 2.12. The molecule has 0 unspecified atom stereocenters. The highest BCUT2D eigenvalue weighted by molar-refractivity contribution is 5.90. The lowest BCUT2D eigenvalue weighted by molar-refractivity contribution is 0.0697. The predicted molar refractivity (Wildman–Crippen MR) is 67.4 cm³/mol. The molecule has 0 bridgehead atoms. The van der Waals surface area contributed by atoms with Crippen molar-refractivity contribution >= 4 is 17.3 Å². The van der Waals surface area contributed by atoms with Crippen molar-refractivity contribution in [1.29, 1.82) is 0 Å². The maximum absolute atomic E-state index is 10.9. The van der Waals surface area contributed by atoms with Gasteiger partial charge in [0.05, 0.1) is 23.5 Å². The van der Waals surface area contributed by atoms with Crippen LogP contribution in [-0.4, -0.2) is 35.9 Å².